The number of rotatable bonds is 6. The van der Waals surface area contributed by atoms with E-state index in [4.69, 9.17) is 14.4 Å². The summed E-state index contributed by atoms with van der Waals surface area (Å²) >= 11 is 0. The van der Waals surface area contributed by atoms with Gasteiger partial charge in [0.05, 0.1) is 11.4 Å². The highest BCUT2D eigenvalue weighted by Crippen LogP contribution is 2.53. The lowest BCUT2D eigenvalue weighted by Gasteiger charge is -2.28. The molecule has 11 aromatic rings. The van der Waals surface area contributed by atoms with Crippen LogP contribution in [0.1, 0.15) is 23.6 Å². The van der Waals surface area contributed by atoms with Gasteiger partial charge in [-0.05, 0) is 110 Å². The van der Waals surface area contributed by atoms with E-state index >= 15 is 0 Å². The van der Waals surface area contributed by atoms with E-state index in [1.807, 2.05) is 30.3 Å². The van der Waals surface area contributed by atoms with E-state index in [2.05, 4.69) is 189 Å². The minimum atomic E-state index is -0.298. The minimum Gasteiger partial charge on any atom is -0.456 e. The van der Waals surface area contributed by atoms with Crippen LogP contribution in [0.5, 0.6) is 0 Å². The van der Waals surface area contributed by atoms with Crippen LogP contribution in [-0.4, -0.2) is 9.97 Å². The Kier molecular flexibility index (Phi) is 7.98. The van der Waals surface area contributed by atoms with Crippen molar-refractivity contribution >= 4 is 32.7 Å². The van der Waals surface area contributed by atoms with Crippen LogP contribution in [0.15, 0.2) is 217 Å². The summed E-state index contributed by atoms with van der Waals surface area (Å²) in [6.07, 6.45) is 0. The van der Waals surface area contributed by atoms with Crippen molar-refractivity contribution in [1.82, 2.24) is 9.97 Å². The Labute approximate surface area is 354 Å². The Morgan fingerprint density at radius 2 is 0.918 bits per heavy atom. The van der Waals surface area contributed by atoms with Crippen molar-refractivity contribution in [2.75, 3.05) is 0 Å². The molecule has 3 nitrogen and oxygen atoms in total. The maximum atomic E-state index is 6.19. The van der Waals surface area contributed by atoms with E-state index in [-0.39, 0.29) is 5.41 Å². The van der Waals surface area contributed by atoms with Crippen LogP contribution < -0.4 is 0 Å². The van der Waals surface area contributed by atoms with Gasteiger partial charge in [-0.15, -0.1) is 0 Å². The second kappa shape index (κ2) is 13.9. The van der Waals surface area contributed by atoms with Crippen molar-refractivity contribution in [1.29, 1.82) is 0 Å². The molecule has 9 aromatic carbocycles. The van der Waals surface area contributed by atoms with Crippen LogP contribution >= 0.6 is 0 Å². The summed E-state index contributed by atoms with van der Waals surface area (Å²) in [5, 5.41) is 4.69. The molecule has 1 unspecified atom stereocenters. The third kappa shape index (κ3) is 5.81. The second-order valence-corrected chi connectivity index (χ2v) is 16.3. The molecular weight excluding hydrogens is 741 g/mol. The number of benzene rings is 9. The highest BCUT2D eigenvalue weighted by atomic mass is 16.3. The average Bonchev–Trinajstić information content (AvgIpc) is 3.84. The smallest absolute Gasteiger partial charge is 0.160 e. The fourth-order valence-corrected chi connectivity index (χ4v) is 9.54. The van der Waals surface area contributed by atoms with Gasteiger partial charge >= 0.3 is 0 Å². The van der Waals surface area contributed by atoms with Crippen molar-refractivity contribution in [2.24, 2.45) is 0 Å². The van der Waals surface area contributed by atoms with E-state index in [9.17, 15) is 0 Å². The molecule has 3 heteroatoms. The first-order valence-electron chi connectivity index (χ1n) is 20.9. The van der Waals surface area contributed by atoms with Gasteiger partial charge in [0.25, 0.3) is 0 Å². The Hall–Kier alpha value is -7.88. The number of aromatic nitrogens is 2. The van der Waals surface area contributed by atoms with Crippen molar-refractivity contribution in [3.05, 3.63) is 229 Å². The molecule has 61 heavy (non-hydrogen) atoms. The van der Waals surface area contributed by atoms with Gasteiger partial charge in [0.15, 0.2) is 5.82 Å². The summed E-state index contributed by atoms with van der Waals surface area (Å²) in [7, 11) is 0. The summed E-state index contributed by atoms with van der Waals surface area (Å²) in [5.41, 5.74) is 17.5. The highest BCUT2D eigenvalue weighted by Gasteiger charge is 2.40. The number of para-hydroxylation sites is 1. The summed E-state index contributed by atoms with van der Waals surface area (Å²) in [6, 6.07) is 75.9. The molecule has 0 radical (unpaired) electrons. The normalized spacial score (nSPS) is 14.4. The van der Waals surface area contributed by atoms with E-state index < -0.39 is 0 Å². The van der Waals surface area contributed by atoms with Crippen LogP contribution in [0.25, 0.3) is 100.0 Å². The van der Waals surface area contributed by atoms with Gasteiger partial charge < -0.3 is 4.42 Å². The van der Waals surface area contributed by atoms with Crippen LogP contribution in [0.4, 0.5) is 0 Å². The van der Waals surface area contributed by atoms with Crippen molar-refractivity contribution < 1.29 is 4.42 Å². The molecule has 1 atom stereocenters. The molecule has 0 fully saturated rings. The van der Waals surface area contributed by atoms with Gasteiger partial charge in [0, 0.05) is 32.9 Å². The first-order chi connectivity index (χ1) is 30.1. The molecule has 0 spiro atoms. The number of furan rings is 1. The average molecular weight is 779 g/mol. The predicted molar refractivity (Wildman–Crippen MR) is 251 cm³/mol. The van der Waals surface area contributed by atoms with E-state index in [0.717, 1.165) is 61.1 Å². The SMILES string of the molecule is CC1(c2ccccc2)c2ccccc2-c2ccc(-c3cc(-c4ccc(-c5ccc6cc(-c7ccc8c(c7)oc7ccccc78)ccc6c5)cc4)nc(-c4ccccc4)n3)cc21. The van der Waals surface area contributed by atoms with Gasteiger partial charge in [-0.3, -0.25) is 0 Å². The molecule has 286 valence electrons. The Bertz CT molecular complexity index is 3480. The third-order valence-corrected chi connectivity index (χ3v) is 12.8. The standard InChI is InChI=1S/C58H38N2O/c1-58(46-14-6-3-7-15-46)51-18-10-8-16-47(51)48-30-29-45(34-52(48)58)54-36-53(59-57(60-54)39-12-4-2-5-13-39)38-22-20-37(21-23-38)40-24-25-42-33-43(27-26-41(42)32-40)44-28-31-50-49-17-9-11-19-55(49)61-56(50)35-44/h2-36H,1H3. The summed E-state index contributed by atoms with van der Waals surface area (Å²) in [4.78, 5) is 10.4. The zero-order chi connectivity index (χ0) is 40.5. The molecule has 0 amide bonds. The fraction of sp³-hybridized carbons (Fsp3) is 0.0345. The van der Waals surface area contributed by atoms with Crippen molar-refractivity contribution in [2.45, 2.75) is 12.3 Å². The second-order valence-electron chi connectivity index (χ2n) is 16.3. The molecule has 2 aromatic heterocycles. The molecule has 2 heterocycles. The van der Waals surface area contributed by atoms with E-state index in [1.165, 1.54) is 49.7 Å². The first kappa shape index (κ1) is 35.1. The number of hydrogen-bond acceptors (Lipinski definition) is 3. The van der Waals surface area contributed by atoms with Gasteiger partial charge in [-0.2, -0.15) is 0 Å². The van der Waals surface area contributed by atoms with E-state index in [1.54, 1.807) is 0 Å². The molecule has 1 aliphatic carbocycles. The maximum Gasteiger partial charge on any atom is 0.160 e. The minimum absolute atomic E-state index is 0.298. The lowest BCUT2D eigenvalue weighted by Crippen LogP contribution is -2.22. The molecule has 12 rings (SSSR count). The zero-order valence-electron chi connectivity index (χ0n) is 33.5. The molecule has 0 aliphatic heterocycles. The largest absolute Gasteiger partial charge is 0.456 e. The highest BCUT2D eigenvalue weighted by molar-refractivity contribution is 6.06. The molecule has 0 saturated carbocycles. The van der Waals surface area contributed by atoms with Gasteiger partial charge in [-0.1, -0.05) is 170 Å². The monoisotopic (exact) mass is 778 g/mol. The lowest BCUT2D eigenvalue weighted by atomic mass is 9.74. The van der Waals surface area contributed by atoms with Gasteiger partial charge in [0.1, 0.15) is 11.2 Å². The van der Waals surface area contributed by atoms with Crippen LogP contribution in [0, 0.1) is 0 Å². The predicted octanol–water partition coefficient (Wildman–Crippen LogP) is 15.2. The Morgan fingerprint density at radius 3 is 1.70 bits per heavy atom. The number of fused-ring (bicyclic) bond motifs is 7. The molecular formula is C58H38N2O. The Morgan fingerprint density at radius 1 is 0.361 bits per heavy atom. The molecule has 0 saturated heterocycles. The van der Waals surface area contributed by atoms with Crippen LogP contribution in [-0.2, 0) is 5.41 Å². The molecule has 0 bridgehead atoms. The molecule has 0 N–H and O–H groups in total. The summed E-state index contributed by atoms with van der Waals surface area (Å²) in [6.45, 7) is 2.36. The number of hydrogen-bond donors (Lipinski definition) is 0. The third-order valence-electron chi connectivity index (χ3n) is 12.8. The van der Waals surface area contributed by atoms with Crippen LogP contribution in [0.3, 0.4) is 0 Å². The Balaban J connectivity index is 0.889. The number of nitrogens with zero attached hydrogens (tertiary/aromatic N) is 2. The zero-order valence-corrected chi connectivity index (χ0v) is 33.5. The van der Waals surface area contributed by atoms with E-state index in [0.29, 0.717) is 5.82 Å². The topological polar surface area (TPSA) is 38.9 Å². The first-order valence-corrected chi connectivity index (χ1v) is 20.9. The summed E-state index contributed by atoms with van der Waals surface area (Å²) in [5.74, 6) is 0.707. The van der Waals surface area contributed by atoms with Crippen LogP contribution in [0.2, 0.25) is 0 Å². The van der Waals surface area contributed by atoms with Crippen molar-refractivity contribution in [3.63, 3.8) is 0 Å². The molecule has 1 aliphatic rings. The fourth-order valence-electron chi connectivity index (χ4n) is 9.54. The van der Waals surface area contributed by atoms with Gasteiger partial charge in [0.2, 0.25) is 0 Å². The van der Waals surface area contributed by atoms with Crippen molar-refractivity contribution in [3.8, 4) is 67.3 Å². The summed E-state index contributed by atoms with van der Waals surface area (Å²) < 4.78 is 6.19. The van der Waals surface area contributed by atoms with Gasteiger partial charge in [-0.25, -0.2) is 9.97 Å². The quantitative estimate of drug-likeness (QED) is 0.169. The lowest BCUT2D eigenvalue weighted by molar-refractivity contribution is 0.669. The maximum absolute atomic E-state index is 6.19.